The van der Waals surface area contributed by atoms with Crippen molar-refractivity contribution in [3.05, 3.63) is 5.82 Å². The summed E-state index contributed by atoms with van der Waals surface area (Å²) in [5.41, 5.74) is -0.334. The van der Waals surface area contributed by atoms with Gasteiger partial charge in [-0.2, -0.15) is 4.80 Å². The van der Waals surface area contributed by atoms with Gasteiger partial charge in [-0.1, -0.05) is 0 Å². The highest BCUT2D eigenvalue weighted by Gasteiger charge is 2.30. The Balaban J connectivity index is 2.06. The molecule has 2 heterocycles. The van der Waals surface area contributed by atoms with Crippen molar-refractivity contribution in [3.63, 3.8) is 0 Å². The lowest BCUT2D eigenvalue weighted by Gasteiger charge is -2.36. The van der Waals surface area contributed by atoms with E-state index in [-0.39, 0.29) is 18.1 Å². The summed E-state index contributed by atoms with van der Waals surface area (Å²) in [6.07, 6.45) is -0.301. The number of hydrogen-bond donors (Lipinski definition) is 0. The molecule has 1 aromatic rings. The van der Waals surface area contributed by atoms with Crippen LogP contribution in [-0.4, -0.2) is 76.2 Å². The number of hydrogen-bond acceptors (Lipinski definition) is 6. The summed E-state index contributed by atoms with van der Waals surface area (Å²) >= 11 is 0. The summed E-state index contributed by atoms with van der Waals surface area (Å²) < 4.78 is 50.6. The van der Waals surface area contributed by atoms with Crippen LogP contribution in [0.5, 0.6) is 0 Å². The van der Waals surface area contributed by atoms with Crippen molar-refractivity contribution in [3.8, 4) is 0 Å². The molecule has 8 nitrogen and oxygen atoms in total. The summed E-state index contributed by atoms with van der Waals surface area (Å²) in [5, 5.41) is 12.2. The van der Waals surface area contributed by atoms with Gasteiger partial charge in [0.1, 0.15) is 0 Å². The Labute approximate surface area is 147 Å². The molecule has 0 amide bonds. The molecule has 0 spiro atoms. The van der Waals surface area contributed by atoms with Crippen LogP contribution in [0.25, 0.3) is 0 Å². The van der Waals surface area contributed by atoms with Gasteiger partial charge in [-0.05, 0) is 38.8 Å². The average molecular weight is 380 g/mol. The van der Waals surface area contributed by atoms with E-state index in [4.69, 9.17) is 0 Å². The third kappa shape index (κ3) is 5.65. The molecular weight excluding hydrogens is 354 g/mol. The number of aromatic nitrogens is 4. The molecule has 1 fully saturated rings. The van der Waals surface area contributed by atoms with E-state index >= 15 is 0 Å². The Morgan fingerprint density at radius 1 is 1.28 bits per heavy atom. The average Bonchev–Trinajstić information content (AvgIpc) is 2.94. The monoisotopic (exact) mass is 380 g/mol. The van der Waals surface area contributed by atoms with Crippen LogP contribution in [0, 0.1) is 0 Å². The predicted octanol–water partition coefficient (Wildman–Crippen LogP) is 0.919. The highest BCUT2D eigenvalue weighted by Crippen LogP contribution is 2.21. The maximum absolute atomic E-state index is 13.0. The summed E-state index contributed by atoms with van der Waals surface area (Å²) in [6, 6.07) is -0.131. The van der Waals surface area contributed by atoms with E-state index < -0.39 is 23.0 Å². The lowest BCUT2D eigenvalue weighted by atomic mass is 10.0. The van der Waals surface area contributed by atoms with Crippen molar-refractivity contribution < 1.29 is 17.2 Å². The van der Waals surface area contributed by atoms with Gasteiger partial charge in [0.15, 0.2) is 5.82 Å². The molecule has 0 saturated carbocycles. The molecule has 0 unspecified atom stereocenters. The minimum absolute atomic E-state index is 0.131. The second-order valence-electron chi connectivity index (χ2n) is 7.38. The predicted molar refractivity (Wildman–Crippen MR) is 88.7 cm³/mol. The third-order valence-corrected chi connectivity index (χ3v) is 5.48. The first-order valence-electron chi connectivity index (χ1n) is 8.23. The number of halogens is 2. The van der Waals surface area contributed by atoms with E-state index in [0.717, 1.165) is 0 Å². The van der Waals surface area contributed by atoms with Crippen LogP contribution in [0.3, 0.4) is 0 Å². The zero-order valence-electron chi connectivity index (χ0n) is 15.1. The third-order valence-electron chi connectivity index (χ3n) is 4.18. The molecule has 0 N–H and O–H groups in total. The Bertz CT molecular complexity index is 665. The van der Waals surface area contributed by atoms with Gasteiger partial charge in [0.25, 0.3) is 6.43 Å². The number of alkyl halides is 2. The number of nitrogens with zero attached hydrogens (tertiary/aromatic N) is 6. The van der Waals surface area contributed by atoms with Gasteiger partial charge in [-0.15, -0.1) is 10.2 Å². The van der Waals surface area contributed by atoms with E-state index in [1.165, 1.54) is 15.4 Å². The first-order valence-corrected chi connectivity index (χ1v) is 10.1. The molecule has 25 heavy (non-hydrogen) atoms. The van der Waals surface area contributed by atoms with Crippen molar-refractivity contribution in [2.75, 3.05) is 25.9 Å². The van der Waals surface area contributed by atoms with E-state index in [9.17, 15) is 17.2 Å². The lowest BCUT2D eigenvalue weighted by molar-refractivity contribution is 0.0440. The van der Waals surface area contributed by atoms with Gasteiger partial charge >= 0.3 is 0 Å². The van der Waals surface area contributed by atoms with Crippen LogP contribution in [0.1, 0.15) is 39.4 Å². The van der Waals surface area contributed by atoms with Crippen LogP contribution in [-0.2, 0) is 22.1 Å². The number of rotatable bonds is 6. The van der Waals surface area contributed by atoms with Crippen molar-refractivity contribution in [2.24, 2.45) is 0 Å². The van der Waals surface area contributed by atoms with E-state index in [1.807, 2.05) is 20.8 Å². The Morgan fingerprint density at radius 2 is 1.88 bits per heavy atom. The fourth-order valence-electron chi connectivity index (χ4n) is 2.83. The first kappa shape index (κ1) is 20.1. The molecule has 11 heteroatoms. The molecule has 1 aromatic heterocycles. The lowest BCUT2D eigenvalue weighted by Crippen LogP contribution is -2.47. The Hall–Kier alpha value is -1.20. The Morgan fingerprint density at radius 3 is 2.32 bits per heavy atom. The van der Waals surface area contributed by atoms with Gasteiger partial charge in [0, 0.05) is 19.1 Å². The number of sulfonamides is 1. The van der Waals surface area contributed by atoms with Gasteiger partial charge in [-0.25, -0.2) is 21.5 Å². The second-order valence-corrected chi connectivity index (χ2v) is 9.36. The van der Waals surface area contributed by atoms with Gasteiger partial charge in [0.05, 0.1) is 24.9 Å². The standard InChI is InChI=1S/C14H26F2N6O2S/c1-14(2,3)22-18-13(17-19-22)10-20(9-12(15)16)11-5-7-21(8-6-11)25(4,23)24/h11-12H,5-10H2,1-4H3. The van der Waals surface area contributed by atoms with Crippen molar-refractivity contribution >= 4 is 10.0 Å². The zero-order valence-corrected chi connectivity index (χ0v) is 15.9. The molecule has 2 rings (SSSR count). The molecule has 1 saturated heterocycles. The smallest absolute Gasteiger partial charge is 0.251 e. The molecule has 1 aliphatic rings. The quantitative estimate of drug-likeness (QED) is 0.730. The molecule has 0 bridgehead atoms. The molecule has 0 aliphatic carbocycles. The summed E-state index contributed by atoms with van der Waals surface area (Å²) in [5.74, 6) is 0.390. The molecule has 144 valence electrons. The zero-order chi connectivity index (χ0) is 18.8. The maximum Gasteiger partial charge on any atom is 0.251 e. The highest BCUT2D eigenvalue weighted by atomic mass is 32.2. The van der Waals surface area contributed by atoms with E-state index in [0.29, 0.717) is 31.8 Å². The molecule has 1 aliphatic heterocycles. The van der Waals surface area contributed by atoms with Crippen LogP contribution in [0.15, 0.2) is 0 Å². The van der Waals surface area contributed by atoms with Crippen molar-refractivity contribution in [1.29, 1.82) is 0 Å². The summed E-state index contributed by atoms with van der Waals surface area (Å²) in [4.78, 5) is 3.10. The molecule has 0 aromatic carbocycles. The fraction of sp³-hybridized carbons (Fsp3) is 0.929. The second kappa shape index (κ2) is 7.58. The summed E-state index contributed by atoms with van der Waals surface area (Å²) in [6.45, 7) is 6.23. The van der Waals surface area contributed by atoms with Gasteiger partial charge < -0.3 is 0 Å². The molecular formula is C14H26F2N6O2S. The first-order chi connectivity index (χ1) is 11.5. The van der Waals surface area contributed by atoms with Gasteiger partial charge in [0.2, 0.25) is 10.0 Å². The van der Waals surface area contributed by atoms with Crippen LogP contribution < -0.4 is 0 Å². The van der Waals surface area contributed by atoms with Crippen molar-refractivity contribution in [2.45, 2.75) is 58.2 Å². The SMILES string of the molecule is CC(C)(C)n1nnc(CN(CC(F)F)C2CCN(S(C)(=O)=O)CC2)n1. The largest absolute Gasteiger partial charge is 0.287 e. The minimum Gasteiger partial charge on any atom is -0.287 e. The molecule has 0 atom stereocenters. The molecule has 0 radical (unpaired) electrons. The number of piperidine rings is 1. The normalized spacial score (nSPS) is 18.4. The highest BCUT2D eigenvalue weighted by molar-refractivity contribution is 7.88. The fourth-order valence-corrected chi connectivity index (χ4v) is 3.71. The minimum atomic E-state index is -3.24. The van der Waals surface area contributed by atoms with E-state index in [2.05, 4.69) is 15.4 Å². The van der Waals surface area contributed by atoms with Crippen LogP contribution in [0.2, 0.25) is 0 Å². The summed E-state index contributed by atoms with van der Waals surface area (Å²) in [7, 11) is -3.24. The van der Waals surface area contributed by atoms with Gasteiger partial charge in [-0.3, -0.25) is 4.90 Å². The van der Waals surface area contributed by atoms with Crippen molar-refractivity contribution in [1.82, 2.24) is 29.4 Å². The van der Waals surface area contributed by atoms with Crippen LogP contribution >= 0.6 is 0 Å². The van der Waals surface area contributed by atoms with E-state index in [1.54, 1.807) is 4.90 Å². The topological polar surface area (TPSA) is 84.2 Å². The number of tetrazole rings is 1. The van der Waals surface area contributed by atoms with Crippen LogP contribution in [0.4, 0.5) is 8.78 Å². The Kier molecular flexibility index (Phi) is 6.10. The maximum atomic E-state index is 13.0.